The number of nitrogens with one attached hydrogen (secondary N) is 1. The number of hydrogen-bond donors (Lipinski definition) is 1. The van der Waals surface area contributed by atoms with Crippen molar-refractivity contribution >= 4 is 17.5 Å². The van der Waals surface area contributed by atoms with E-state index < -0.39 is 6.10 Å². The largest absolute Gasteiger partial charge is 0.497 e. The molecule has 2 saturated heterocycles. The third-order valence-electron chi connectivity index (χ3n) is 4.58. The second-order valence-corrected chi connectivity index (χ2v) is 6.40. The summed E-state index contributed by atoms with van der Waals surface area (Å²) in [6, 6.07) is 7.20. The van der Waals surface area contributed by atoms with Gasteiger partial charge >= 0.3 is 0 Å². The standard InChI is InChI=1S/C18H25N3O4/c1-24-15-6-4-14(5-7-15)19-17(22)13-20-10-11-25-16(12-20)18(23)21-8-2-3-9-21/h4-7,16H,2-3,8-13H2,1H3,(H,19,22). The zero-order valence-corrected chi connectivity index (χ0v) is 14.6. The van der Waals surface area contributed by atoms with E-state index in [1.54, 1.807) is 31.4 Å². The van der Waals surface area contributed by atoms with Crippen LogP contribution in [0.1, 0.15) is 12.8 Å². The number of anilines is 1. The van der Waals surface area contributed by atoms with Crippen LogP contribution in [0.2, 0.25) is 0 Å². The third-order valence-corrected chi connectivity index (χ3v) is 4.58. The number of nitrogens with zero attached hydrogens (tertiary/aromatic N) is 2. The van der Waals surface area contributed by atoms with Gasteiger partial charge in [-0.05, 0) is 37.1 Å². The molecule has 1 atom stereocenters. The molecule has 1 N–H and O–H groups in total. The Morgan fingerprint density at radius 2 is 1.92 bits per heavy atom. The van der Waals surface area contributed by atoms with Crippen LogP contribution in [0, 0.1) is 0 Å². The molecule has 0 aromatic heterocycles. The van der Waals surface area contributed by atoms with Crippen molar-refractivity contribution < 1.29 is 19.1 Å². The van der Waals surface area contributed by atoms with Crippen molar-refractivity contribution in [2.45, 2.75) is 18.9 Å². The van der Waals surface area contributed by atoms with Crippen LogP contribution in [0.5, 0.6) is 5.75 Å². The van der Waals surface area contributed by atoms with Gasteiger partial charge in [0, 0.05) is 31.9 Å². The van der Waals surface area contributed by atoms with Crippen molar-refractivity contribution in [3.05, 3.63) is 24.3 Å². The number of carbonyl (C=O) groups excluding carboxylic acids is 2. The normalized spacial score (nSPS) is 21.2. The summed E-state index contributed by atoms with van der Waals surface area (Å²) in [6.07, 6.45) is 1.67. The van der Waals surface area contributed by atoms with Gasteiger partial charge in [-0.1, -0.05) is 0 Å². The average molecular weight is 347 g/mol. The fourth-order valence-corrected chi connectivity index (χ4v) is 3.21. The smallest absolute Gasteiger partial charge is 0.253 e. The Balaban J connectivity index is 1.49. The zero-order valence-electron chi connectivity index (χ0n) is 14.6. The highest BCUT2D eigenvalue weighted by molar-refractivity contribution is 5.92. The molecule has 1 aromatic rings. The minimum absolute atomic E-state index is 0.0535. The van der Waals surface area contributed by atoms with Crippen molar-refractivity contribution in [1.82, 2.24) is 9.80 Å². The first-order valence-corrected chi connectivity index (χ1v) is 8.72. The summed E-state index contributed by atoms with van der Waals surface area (Å²) in [5.74, 6) is 0.701. The second-order valence-electron chi connectivity index (χ2n) is 6.40. The number of ether oxygens (including phenoxy) is 2. The third kappa shape index (κ3) is 4.70. The lowest BCUT2D eigenvalue weighted by molar-refractivity contribution is -0.149. The van der Waals surface area contributed by atoms with Crippen LogP contribution >= 0.6 is 0 Å². The van der Waals surface area contributed by atoms with Crippen LogP contribution in [0.3, 0.4) is 0 Å². The molecule has 2 aliphatic rings. The molecule has 2 fully saturated rings. The van der Waals surface area contributed by atoms with Crippen LogP contribution in [0.25, 0.3) is 0 Å². The average Bonchev–Trinajstić information content (AvgIpc) is 3.16. The first kappa shape index (κ1) is 17.7. The fraction of sp³-hybridized carbons (Fsp3) is 0.556. The summed E-state index contributed by atoms with van der Waals surface area (Å²) in [6.45, 7) is 3.47. The summed E-state index contributed by atoms with van der Waals surface area (Å²) in [7, 11) is 1.60. The molecular weight excluding hydrogens is 322 g/mol. The lowest BCUT2D eigenvalue weighted by Crippen LogP contribution is -2.51. The molecular formula is C18H25N3O4. The van der Waals surface area contributed by atoms with E-state index in [0.717, 1.165) is 37.4 Å². The van der Waals surface area contributed by atoms with Crippen LogP contribution in [0.15, 0.2) is 24.3 Å². The molecule has 7 nitrogen and oxygen atoms in total. The highest BCUT2D eigenvalue weighted by Crippen LogP contribution is 2.16. The van der Waals surface area contributed by atoms with Crippen molar-refractivity contribution in [3.63, 3.8) is 0 Å². The molecule has 0 aliphatic carbocycles. The summed E-state index contributed by atoms with van der Waals surface area (Å²) in [5.41, 5.74) is 0.726. The SMILES string of the molecule is COc1ccc(NC(=O)CN2CCOC(C(=O)N3CCCC3)C2)cc1. The van der Waals surface area contributed by atoms with Crippen LogP contribution in [-0.4, -0.2) is 74.2 Å². The quantitative estimate of drug-likeness (QED) is 0.859. The topological polar surface area (TPSA) is 71.1 Å². The number of hydrogen-bond acceptors (Lipinski definition) is 5. The Morgan fingerprint density at radius 1 is 1.20 bits per heavy atom. The molecule has 1 aromatic carbocycles. The molecule has 2 amide bonds. The van der Waals surface area contributed by atoms with Crippen LogP contribution in [-0.2, 0) is 14.3 Å². The fourth-order valence-electron chi connectivity index (χ4n) is 3.21. The van der Waals surface area contributed by atoms with E-state index in [2.05, 4.69) is 5.32 Å². The minimum Gasteiger partial charge on any atom is -0.497 e. The maximum absolute atomic E-state index is 12.4. The van der Waals surface area contributed by atoms with Crippen molar-refractivity contribution in [1.29, 1.82) is 0 Å². The van der Waals surface area contributed by atoms with E-state index in [-0.39, 0.29) is 18.4 Å². The van der Waals surface area contributed by atoms with Gasteiger partial charge in [0.2, 0.25) is 5.91 Å². The molecule has 7 heteroatoms. The predicted molar refractivity (Wildman–Crippen MR) is 93.6 cm³/mol. The Morgan fingerprint density at radius 3 is 2.60 bits per heavy atom. The number of methoxy groups -OCH3 is 1. The van der Waals surface area contributed by atoms with Crippen LogP contribution in [0.4, 0.5) is 5.69 Å². The maximum Gasteiger partial charge on any atom is 0.253 e. The molecule has 136 valence electrons. The van der Waals surface area contributed by atoms with E-state index in [9.17, 15) is 9.59 Å². The van der Waals surface area contributed by atoms with E-state index in [4.69, 9.17) is 9.47 Å². The van der Waals surface area contributed by atoms with Crippen molar-refractivity contribution in [2.75, 3.05) is 51.8 Å². The molecule has 25 heavy (non-hydrogen) atoms. The highest BCUT2D eigenvalue weighted by Gasteiger charge is 2.31. The van der Waals surface area contributed by atoms with E-state index in [1.807, 2.05) is 9.80 Å². The summed E-state index contributed by atoms with van der Waals surface area (Å²) >= 11 is 0. The number of benzene rings is 1. The molecule has 2 heterocycles. The lowest BCUT2D eigenvalue weighted by Gasteiger charge is -2.33. The van der Waals surface area contributed by atoms with Gasteiger partial charge in [0.15, 0.2) is 0 Å². The Bertz CT molecular complexity index is 599. The Hall–Kier alpha value is -2.12. The highest BCUT2D eigenvalue weighted by atomic mass is 16.5. The number of rotatable bonds is 5. The van der Waals surface area contributed by atoms with E-state index in [1.165, 1.54) is 0 Å². The minimum atomic E-state index is -0.458. The van der Waals surface area contributed by atoms with Crippen molar-refractivity contribution in [3.8, 4) is 5.75 Å². The number of morpholine rings is 1. The summed E-state index contributed by atoms with van der Waals surface area (Å²) < 4.78 is 10.7. The number of amides is 2. The molecule has 0 spiro atoms. The molecule has 2 aliphatic heterocycles. The number of carbonyl (C=O) groups is 2. The zero-order chi connectivity index (χ0) is 17.6. The monoisotopic (exact) mass is 347 g/mol. The summed E-state index contributed by atoms with van der Waals surface area (Å²) in [5, 5.41) is 2.87. The van der Waals surface area contributed by atoms with Gasteiger partial charge in [0.25, 0.3) is 5.91 Å². The lowest BCUT2D eigenvalue weighted by atomic mass is 10.2. The second kappa shape index (κ2) is 8.31. The first-order valence-electron chi connectivity index (χ1n) is 8.72. The summed E-state index contributed by atoms with van der Waals surface area (Å²) in [4.78, 5) is 28.5. The van der Waals surface area contributed by atoms with E-state index >= 15 is 0 Å². The molecule has 0 saturated carbocycles. The first-order chi connectivity index (χ1) is 12.2. The van der Waals surface area contributed by atoms with Gasteiger partial charge in [-0.3, -0.25) is 14.5 Å². The molecule has 0 bridgehead atoms. The number of likely N-dealkylation sites (tertiary alicyclic amines) is 1. The molecule has 3 rings (SSSR count). The molecule has 0 radical (unpaired) electrons. The Kier molecular flexibility index (Phi) is 5.88. The Labute approximate surface area is 147 Å². The van der Waals surface area contributed by atoms with Gasteiger partial charge in [0.1, 0.15) is 11.9 Å². The van der Waals surface area contributed by atoms with Crippen molar-refractivity contribution in [2.24, 2.45) is 0 Å². The van der Waals surface area contributed by atoms with Gasteiger partial charge < -0.3 is 19.7 Å². The van der Waals surface area contributed by atoms with Gasteiger partial charge in [-0.15, -0.1) is 0 Å². The predicted octanol–water partition coefficient (Wildman–Crippen LogP) is 0.957. The van der Waals surface area contributed by atoms with Gasteiger partial charge in [-0.25, -0.2) is 0 Å². The van der Waals surface area contributed by atoms with Crippen LogP contribution < -0.4 is 10.1 Å². The van der Waals surface area contributed by atoms with E-state index in [0.29, 0.717) is 19.7 Å². The molecule has 1 unspecified atom stereocenters. The maximum atomic E-state index is 12.4. The van der Waals surface area contributed by atoms with Gasteiger partial charge in [-0.2, -0.15) is 0 Å². The van der Waals surface area contributed by atoms with Gasteiger partial charge in [0.05, 0.1) is 20.3 Å².